The van der Waals surface area contributed by atoms with Crippen LogP contribution in [0.3, 0.4) is 0 Å². The number of carbonyl (C=O) groups is 1. The summed E-state index contributed by atoms with van der Waals surface area (Å²) < 4.78 is 25.9. The van der Waals surface area contributed by atoms with Crippen LogP contribution < -0.4 is 16.4 Å². The van der Waals surface area contributed by atoms with Gasteiger partial charge in [0.15, 0.2) is 0 Å². The summed E-state index contributed by atoms with van der Waals surface area (Å²) in [4.78, 5) is 14.4. The van der Waals surface area contributed by atoms with Crippen molar-refractivity contribution < 1.29 is 18.7 Å². The van der Waals surface area contributed by atoms with Gasteiger partial charge in [-0.1, -0.05) is 11.6 Å². The average molecular weight is 385 g/mol. The van der Waals surface area contributed by atoms with Gasteiger partial charge in [0.05, 0.1) is 24.1 Å². The minimum atomic E-state index is -2.66. The first-order valence-corrected chi connectivity index (χ1v) is 8.25. The number of nitrogens with two attached hydrogens (primary N) is 1. The van der Waals surface area contributed by atoms with Gasteiger partial charge in [-0.25, -0.2) is 13.6 Å². The van der Waals surface area contributed by atoms with Crippen LogP contribution in [0.2, 0.25) is 5.02 Å². The lowest BCUT2D eigenvalue weighted by Crippen LogP contribution is -2.20. The van der Waals surface area contributed by atoms with Gasteiger partial charge in [0.1, 0.15) is 0 Å². The van der Waals surface area contributed by atoms with E-state index in [1.54, 1.807) is 12.1 Å². The second kappa shape index (κ2) is 9.30. The van der Waals surface area contributed by atoms with Gasteiger partial charge in [-0.3, -0.25) is 4.98 Å². The van der Waals surface area contributed by atoms with Crippen molar-refractivity contribution in [3.05, 3.63) is 52.8 Å². The Hall–Kier alpha value is -2.45. The highest BCUT2D eigenvalue weighted by atomic mass is 35.5. The molecule has 2 aromatic rings. The van der Waals surface area contributed by atoms with Gasteiger partial charge in [0.25, 0.3) is 6.43 Å². The van der Waals surface area contributed by atoms with Crippen LogP contribution in [-0.4, -0.2) is 22.2 Å². The van der Waals surface area contributed by atoms with Crippen molar-refractivity contribution in [1.82, 2.24) is 10.3 Å². The molecule has 1 saturated carbocycles. The minimum absolute atomic E-state index is 0.0683. The second-order valence-corrected chi connectivity index (χ2v) is 6.13. The number of nitrogens with one attached hydrogen (secondary N) is 2. The third-order valence-corrected chi connectivity index (χ3v) is 3.63. The van der Waals surface area contributed by atoms with Crippen LogP contribution in [0, 0.1) is 0 Å². The van der Waals surface area contributed by atoms with Crippen molar-refractivity contribution in [3.8, 4) is 0 Å². The van der Waals surface area contributed by atoms with E-state index < -0.39 is 12.5 Å². The highest BCUT2D eigenvalue weighted by Gasteiger charge is 2.14. The van der Waals surface area contributed by atoms with E-state index in [1.165, 1.54) is 37.2 Å². The Morgan fingerprint density at radius 2 is 2.04 bits per heavy atom. The zero-order chi connectivity index (χ0) is 19.1. The molecule has 6 nitrogen and oxygen atoms in total. The number of rotatable bonds is 5. The summed E-state index contributed by atoms with van der Waals surface area (Å²) in [6, 6.07) is 7.97. The van der Waals surface area contributed by atoms with Crippen LogP contribution in [0.1, 0.15) is 30.5 Å². The summed E-state index contributed by atoms with van der Waals surface area (Å²) in [7, 11) is 0. The van der Waals surface area contributed by atoms with Gasteiger partial charge in [0.2, 0.25) is 0 Å². The number of carboxylic acid groups (broad SMARTS) is 1. The molecule has 1 amide bonds. The van der Waals surface area contributed by atoms with Gasteiger partial charge >= 0.3 is 6.09 Å². The smallest absolute Gasteiger partial charge is 0.404 e. The molecule has 1 aromatic carbocycles. The third-order valence-electron chi connectivity index (χ3n) is 3.40. The fourth-order valence-corrected chi connectivity index (χ4v) is 2.03. The molecule has 0 aliphatic heterocycles. The van der Waals surface area contributed by atoms with Crippen LogP contribution in [0.25, 0.3) is 0 Å². The molecule has 0 atom stereocenters. The molecule has 9 heteroatoms. The zero-order valence-electron chi connectivity index (χ0n) is 13.8. The van der Waals surface area contributed by atoms with Crippen molar-refractivity contribution in [2.75, 3.05) is 5.32 Å². The Kier molecular flexibility index (Phi) is 7.11. The van der Waals surface area contributed by atoms with Crippen LogP contribution >= 0.6 is 11.6 Å². The lowest BCUT2D eigenvalue weighted by Gasteiger charge is -2.12. The summed E-state index contributed by atoms with van der Waals surface area (Å²) in [5, 5.41) is 13.7. The minimum Gasteiger partial charge on any atom is -0.465 e. The molecule has 3 rings (SSSR count). The zero-order valence-corrected chi connectivity index (χ0v) is 14.5. The van der Waals surface area contributed by atoms with Crippen LogP contribution in [0.15, 0.2) is 36.5 Å². The summed E-state index contributed by atoms with van der Waals surface area (Å²) in [6.07, 6.45) is 0.155. The van der Waals surface area contributed by atoms with Crippen molar-refractivity contribution >= 4 is 29.1 Å². The predicted octanol–water partition coefficient (Wildman–Crippen LogP) is 4.29. The first-order valence-electron chi connectivity index (χ1n) is 7.87. The molecule has 5 N–H and O–H groups in total. The number of hydrogen-bond donors (Lipinski definition) is 4. The normalized spacial score (nSPS) is 13.0. The molecule has 0 unspecified atom stereocenters. The van der Waals surface area contributed by atoms with E-state index >= 15 is 0 Å². The molecule has 26 heavy (non-hydrogen) atoms. The molecule has 1 aromatic heterocycles. The number of anilines is 2. The lowest BCUT2D eigenvalue weighted by atomic mass is 10.1. The van der Waals surface area contributed by atoms with Crippen LogP contribution in [-0.2, 0) is 6.54 Å². The highest BCUT2D eigenvalue weighted by molar-refractivity contribution is 6.30. The number of halogens is 3. The van der Waals surface area contributed by atoms with Crippen molar-refractivity contribution in [3.63, 3.8) is 0 Å². The van der Waals surface area contributed by atoms with Gasteiger partial charge in [-0.2, -0.15) is 0 Å². The van der Waals surface area contributed by atoms with Crippen molar-refractivity contribution in [1.29, 1.82) is 0 Å². The molecular weight excluding hydrogens is 366 g/mol. The Morgan fingerprint density at radius 3 is 2.54 bits per heavy atom. The Bertz CT molecular complexity index is 740. The molecule has 0 saturated heterocycles. The first kappa shape index (κ1) is 19.9. The first-order chi connectivity index (χ1) is 12.3. The summed E-state index contributed by atoms with van der Waals surface area (Å²) in [5.41, 5.74) is 6.27. The summed E-state index contributed by atoms with van der Waals surface area (Å²) in [5.74, 6) is 0. The van der Waals surface area contributed by atoms with E-state index in [4.69, 9.17) is 22.4 Å². The molecule has 0 bridgehead atoms. The van der Waals surface area contributed by atoms with Gasteiger partial charge in [0, 0.05) is 22.3 Å². The van der Waals surface area contributed by atoms with E-state index in [9.17, 15) is 13.6 Å². The number of hydrogen-bond acceptors (Lipinski definition) is 4. The van der Waals surface area contributed by atoms with Crippen molar-refractivity contribution in [2.45, 2.75) is 31.9 Å². The van der Waals surface area contributed by atoms with Gasteiger partial charge < -0.3 is 21.5 Å². The maximum absolute atomic E-state index is 13.0. The van der Waals surface area contributed by atoms with Crippen LogP contribution in [0.5, 0.6) is 0 Å². The number of amides is 1. The van der Waals surface area contributed by atoms with Crippen molar-refractivity contribution in [2.24, 2.45) is 5.73 Å². The Labute approximate surface area is 154 Å². The quantitative estimate of drug-likeness (QED) is 0.616. The topological polar surface area (TPSA) is 100 Å². The molecule has 1 heterocycles. The highest BCUT2D eigenvalue weighted by Crippen LogP contribution is 2.31. The standard InChI is InChI=1S/C14H12ClF2N3O2.C3H7N/c15-8-1-4-12(11(5-8)13(16)17)20-10-3-2-9(18-7-10)6-19-14(21)22;4-3-1-2-3/h1-5,7,13,19-20H,6H2,(H,21,22);3H,1-2,4H2. The monoisotopic (exact) mass is 384 g/mol. The number of nitrogens with zero attached hydrogens (tertiary/aromatic N) is 1. The fraction of sp³-hybridized carbons (Fsp3) is 0.294. The van der Waals surface area contributed by atoms with Crippen LogP contribution in [0.4, 0.5) is 25.0 Å². The van der Waals surface area contributed by atoms with Gasteiger partial charge in [-0.05, 0) is 43.2 Å². The number of aromatic nitrogens is 1. The molecule has 0 spiro atoms. The van der Waals surface area contributed by atoms with E-state index in [-0.39, 0.29) is 22.8 Å². The SMILES string of the molecule is NC1CC1.O=C(O)NCc1ccc(Nc2ccc(Cl)cc2C(F)F)cn1. The molecular formula is C17H19ClF2N4O2. The number of pyridine rings is 1. The third kappa shape index (κ3) is 6.81. The van der Waals surface area contributed by atoms with E-state index in [0.29, 0.717) is 17.4 Å². The predicted molar refractivity (Wildman–Crippen MR) is 96.0 cm³/mol. The summed E-state index contributed by atoms with van der Waals surface area (Å²) in [6.45, 7) is 0.0683. The molecule has 1 aliphatic rings. The molecule has 1 aliphatic carbocycles. The van der Waals surface area contributed by atoms with E-state index in [1.807, 2.05) is 0 Å². The Morgan fingerprint density at radius 1 is 1.35 bits per heavy atom. The molecule has 1 fully saturated rings. The Balaban J connectivity index is 0.000000534. The maximum Gasteiger partial charge on any atom is 0.404 e. The number of alkyl halides is 2. The van der Waals surface area contributed by atoms with E-state index in [2.05, 4.69) is 15.6 Å². The largest absolute Gasteiger partial charge is 0.465 e. The summed E-state index contributed by atoms with van der Waals surface area (Å²) >= 11 is 5.72. The molecule has 140 valence electrons. The van der Waals surface area contributed by atoms with Gasteiger partial charge in [-0.15, -0.1) is 0 Å². The number of benzene rings is 1. The second-order valence-electron chi connectivity index (χ2n) is 5.69. The fourth-order valence-electron chi connectivity index (χ4n) is 1.85. The average Bonchev–Trinajstić information content (AvgIpc) is 3.38. The molecule has 0 radical (unpaired) electrons. The lowest BCUT2D eigenvalue weighted by molar-refractivity contribution is 0.152. The van der Waals surface area contributed by atoms with E-state index in [0.717, 1.165) is 0 Å². The maximum atomic E-state index is 13.0.